The van der Waals surface area contributed by atoms with Gasteiger partial charge in [0.15, 0.2) is 0 Å². The lowest BCUT2D eigenvalue weighted by Gasteiger charge is -2.17. The zero-order valence-corrected chi connectivity index (χ0v) is 23.5. The number of para-hydroxylation sites is 1. The van der Waals surface area contributed by atoms with E-state index in [0.29, 0.717) is 5.56 Å². The smallest absolute Gasteiger partial charge is 0.141 e. The van der Waals surface area contributed by atoms with E-state index >= 15 is 0 Å². The van der Waals surface area contributed by atoms with Crippen molar-refractivity contribution in [1.82, 2.24) is 14.5 Å². The van der Waals surface area contributed by atoms with Crippen molar-refractivity contribution in [2.24, 2.45) is 4.99 Å². The molecule has 0 radical (unpaired) electrons. The van der Waals surface area contributed by atoms with E-state index in [1.54, 1.807) is 0 Å². The van der Waals surface area contributed by atoms with Gasteiger partial charge in [0.25, 0.3) is 0 Å². The Hall–Kier alpha value is -5.60. The average Bonchev–Trinajstić information content (AvgIpc) is 3.42. The van der Waals surface area contributed by atoms with Crippen molar-refractivity contribution in [2.45, 2.75) is 25.7 Å². The molecule has 3 aromatic carbocycles. The minimum absolute atomic E-state index is 0.578. The molecule has 2 aliphatic rings. The van der Waals surface area contributed by atoms with Crippen LogP contribution in [0, 0.1) is 11.3 Å². The van der Waals surface area contributed by atoms with E-state index in [4.69, 9.17) is 15.0 Å². The molecule has 0 fully saturated rings. The zero-order valence-electron chi connectivity index (χ0n) is 23.5. The fourth-order valence-electron chi connectivity index (χ4n) is 6.44. The molecule has 0 amide bonds. The average molecular weight is 554 g/mol. The summed E-state index contributed by atoms with van der Waals surface area (Å²) in [4.78, 5) is 14.9. The fraction of sp³-hybridized carbons (Fsp3) is 0.105. The molecule has 5 heteroatoms. The van der Waals surface area contributed by atoms with Gasteiger partial charge in [0, 0.05) is 34.0 Å². The molecule has 6 aromatic rings. The van der Waals surface area contributed by atoms with Crippen LogP contribution in [0.25, 0.3) is 44.8 Å². The van der Waals surface area contributed by atoms with E-state index < -0.39 is 0 Å². The molecule has 8 rings (SSSR count). The first-order valence-electron chi connectivity index (χ1n) is 14.7. The van der Waals surface area contributed by atoms with E-state index in [2.05, 4.69) is 83.4 Å². The highest BCUT2D eigenvalue weighted by molar-refractivity contribution is 5.93. The van der Waals surface area contributed by atoms with E-state index in [-0.39, 0.29) is 0 Å². The van der Waals surface area contributed by atoms with Crippen LogP contribution in [-0.4, -0.2) is 20.7 Å². The predicted octanol–water partition coefficient (Wildman–Crippen LogP) is 8.65. The van der Waals surface area contributed by atoms with Crippen molar-refractivity contribution in [3.05, 3.63) is 137 Å². The Kier molecular flexibility index (Phi) is 6.05. The molecule has 0 spiro atoms. The Bertz CT molecular complexity index is 2160. The second-order valence-corrected chi connectivity index (χ2v) is 11.0. The topological polar surface area (TPSA) is 66.9 Å². The lowest BCUT2D eigenvalue weighted by Crippen LogP contribution is -2.03. The molecule has 4 heterocycles. The normalized spacial score (nSPS) is 13.7. The van der Waals surface area contributed by atoms with Gasteiger partial charge >= 0.3 is 0 Å². The third-order valence-corrected chi connectivity index (χ3v) is 8.40. The Labute approximate surface area is 250 Å². The predicted molar refractivity (Wildman–Crippen MR) is 173 cm³/mol. The monoisotopic (exact) mass is 553 g/mol. The maximum absolute atomic E-state index is 10.0. The van der Waals surface area contributed by atoms with Crippen molar-refractivity contribution >= 4 is 28.5 Å². The maximum Gasteiger partial charge on any atom is 0.141 e. The summed E-state index contributed by atoms with van der Waals surface area (Å²) in [6.07, 6.45) is 8.23. The highest BCUT2D eigenvalue weighted by atomic mass is 15.1. The zero-order chi connectivity index (χ0) is 28.8. The van der Waals surface area contributed by atoms with Gasteiger partial charge in [-0.2, -0.15) is 5.26 Å². The third kappa shape index (κ3) is 4.36. The van der Waals surface area contributed by atoms with Crippen LogP contribution in [0.15, 0.2) is 114 Å². The first kappa shape index (κ1) is 25.1. The van der Waals surface area contributed by atoms with Crippen molar-refractivity contribution < 1.29 is 0 Å². The molecule has 0 atom stereocenters. The van der Waals surface area contributed by atoms with E-state index in [1.807, 2.05) is 42.6 Å². The van der Waals surface area contributed by atoms with Gasteiger partial charge in [0.1, 0.15) is 5.82 Å². The first-order valence-corrected chi connectivity index (χ1v) is 14.7. The van der Waals surface area contributed by atoms with Crippen molar-refractivity contribution in [2.75, 3.05) is 0 Å². The lowest BCUT2D eigenvalue weighted by molar-refractivity contribution is 0.974. The number of aromatic nitrogens is 3. The largest absolute Gasteiger partial charge is 0.294 e. The van der Waals surface area contributed by atoms with Gasteiger partial charge in [-0.3, -0.25) is 4.57 Å². The molecule has 1 aliphatic heterocycles. The molecule has 0 N–H and O–H groups in total. The Morgan fingerprint density at radius 2 is 1.47 bits per heavy atom. The SMILES string of the molecule is N#Cc1cc(-c2cccc(-c3cccc(C4=CCCc5ccccc54)n3)n2)cc(-n2c3c(c4ccccc42)CCC=N3)c1. The Balaban J connectivity index is 1.22. The summed E-state index contributed by atoms with van der Waals surface area (Å²) in [5.41, 5.74) is 11.9. The molecule has 1 aliphatic carbocycles. The summed E-state index contributed by atoms with van der Waals surface area (Å²) in [5.74, 6) is 0.940. The molecule has 204 valence electrons. The second kappa shape index (κ2) is 10.3. The molecular formula is C38H27N5. The fourth-order valence-corrected chi connectivity index (χ4v) is 6.44. The van der Waals surface area contributed by atoms with Crippen LogP contribution in [-0.2, 0) is 12.8 Å². The number of rotatable bonds is 4. The standard InChI is InChI=1S/C38H27N5/c39-24-25-21-27(23-28(22-25)43-37-19-4-3-12-31(37)32-14-8-20-40-38(32)43)33-15-6-17-35(41-33)36-18-7-16-34(42-36)30-13-5-10-26-9-1-2-11-29(26)30/h1-4,6-7,9,11-13,15-23H,5,8,10,14H2. The summed E-state index contributed by atoms with van der Waals surface area (Å²) in [7, 11) is 0. The molecule has 0 saturated heterocycles. The van der Waals surface area contributed by atoms with Crippen LogP contribution >= 0.6 is 0 Å². The molecule has 0 saturated carbocycles. The quantitative estimate of drug-likeness (QED) is 0.219. The van der Waals surface area contributed by atoms with Crippen LogP contribution in [0.2, 0.25) is 0 Å². The summed E-state index contributed by atoms with van der Waals surface area (Å²) < 4.78 is 2.18. The van der Waals surface area contributed by atoms with Crippen LogP contribution in [0.3, 0.4) is 0 Å². The summed E-state index contributed by atoms with van der Waals surface area (Å²) in [6, 6.07) is 37.5. The van der Waals surface area contributed by atoms with Gasteiger partial charge in [0.2, 0.25) is 0 Å². The minimum atomic E-state index is 0.578. The lowest BCUT2D eigenvalue weighted by atomic mass is 9.89. The highest BCUT2D eigenvalue weighted by Crippen LogP contribution is 2.39. The molecule has 3 aromatic heterocycles. The maximum atomic E-state index is 10.0. The van der Waals surface area contributed by atoms with Crippen molar-refractivity contribution in [3.63, 3.8) is 0 Å². The molecule has 43 heavy (non-hydrogen) atoms. The van der Waals surface area contributed by atoms with Crippen LogP contribution < -0.4 is 0 Å². The number of nitrogens with zero attached hydrogens (tertiary/aromatic N) is 5. The number of fused-ring (bicyclic) bond motifs is 4. The number of benzene rings is 3. The molecule has 5 nitrogen and oxygen atoms in total. The minimum Gasteiger partial charge on any atom is -0.294 e. The van der Waals surface area contributed by atoms with Crippen LogP contribution in [0.5, 0.6) is 0 Å². The number of pyridine rings is 2. The number of aryl methyl sites for hydroxylation is 2. The third-order valence-electron chi connectivity index (χ3n) is 8.40. The molecule has 0 unspecified atom stereocenters. The van der Waals surface area contributed by atoms with E-state index in [1.165, 1.54) is 27.6 Å². The first-order chi connectivity index (χ1) is 21.3. The second-order valence-electron chi connectivity index (χ2n) is 11.0. The van der Waals surface area contributed by atoms with Gasteiger partial charge in [-0.25, -0.2) is 15.0 Å². The number of allylic oxidation sites excluding steroid dienone is 1. The number of aliphatic imine (C=N–C) groups is 1. The van der Waals surface area contributed by atoms with Gasteiger partial charge in [-0.05, 0) is 85.3 Å². The van der Waals surface area contributed by atoms with E-state index in [9.17, 15) is 5.26 Å². The van der Waals surface area contributed by atoms with Crippen LogP contribution in [0.1, 0.15) is 40.8 Å². The summed E-state index contributed by atoms with van der Waals surface area (Å²) in [6.45, 7) is 0. The Morgan fingerprint density at radius 1 is 0.698 bits per heavy atom. The van der Waals surface area contributed by atoms with Crippen molar-refractivity contribution in [1.29, 1.82) is 5.26 Å². The number of nitriles is 1. The molecular weight excluding hydrogens is 526 g/mol. The van der Waals surface area contributed by atoms with Gasteiger partial charge < -0.3 is 0 Å². The van der Waals surface area contributed by atoms with Crippen molar-refractivity contribution in [3.8, 4) is 34.4 Å². The van der Waals surface area contributed by atoms with Gasteiger partial charge in [-0.15, -0.1) is 0 Å². The highest BCUT2D eigenvalue weighted by Gasteiger charge is 2.21. The summed E-state index contributed by atoms with van der Waals surface area (Å²) in [5, 5.41) is 11.2. The Morgan fingerprint density at radius 3 is 2.35 bits per heavy atom. The molecule has 0 bridgehead atoms. The summed E-state index contributed by atoms with van der Waals surface area (Å²) >= 11 is 0. The number of hydrogen-bond donors (Lipinski definition) is 0. The van der Waals surface area contributed by atoms with E-state index in [0.717, 1.165) is 71.0 Å². The van der Waals surface area contributed by atoms with Gasteiger partial charge in [-0.1, -0.05) is 60.7 Å². The van der Waals surface area contributed by atoms with Gasteiger partial charge in [0.05, 0.1) is 39.9 Å². The van der Waals surface area contributed by atoms with Crippen LogP contribution in [0.4, 0.5) is 5.82 Å². The number of hydrogen-bond acceptors (Lipinski definition) is 4.